The molecule has 2 nitrogen and oxygen atoms in total. The molecule has 110 valence electrons. The van der Waals surface area contributed by atoms with Gasteiger partial charge in [-0.2, -0.15) is 0 Å². The minimum Gasteiger partial charge on any atom is -0.464 e. The second kappa shape index (κ2) is 7.14. The van der Waals surface area contributed by atoms with Crippen LogP contribution in [0.25, 0.3) is 0 Å². The Hall–Kier alpha value is -0.760. The molecule has 0 spiro atoms. The maximum atomic E-state index is 5.94. The van der Waals surface area contributed by atoms with Crippen molar-refractivity contribution in [2.75, 3.05) is 6.54 Å². The predicted octanol–water partition coefficient (Wildman–Crippen LogP) is 4.96. The largest absolute Gasteiger partial charge is 0.464 e. The lowest BCUT2D eigenvalue weighted by atomic mass is 9.78. The number of hydrogen-bond donors (Lipinski definition) is 1. The molecule has 2 atom stereocenters. The van der Waals surface area contributed by atoms with Crippen LogP contribution in [0.3, 0.4) is 0 Å². The van der Waals surface area contributed by atoms with Gasteiger partial charge in [0.05, 0.1) is 6.04 Å². The highest BCUT2D eigenvalue weighted by atomic mass is 16.3. The normalized spacial score (nSPS) is 15.5. The zero-order chi connectivity index (χ0) is 14.5. The molecule has 2 heteroatoms. The molecule has 0 aliphatic carbocycles. The van der Waals surface area contributed by atoms with Crippen LogP contribution in [0.2, 0.25) is 0 Å². The Morgan fingerprint density at radius 3 is 2.37 bits per heavy atom. The van der Waals surface area contributed by atoms with E-state index in [9.17, 15) is 0 Å². The molecule has 2 unspecified atom stereocenters. The third kappa shape index (κ3) is 5.02. The van der Waals surface area contributed by atoms with Crippen LogP contribution in [-0.2, 0) is 6.42 Å². The fourth-order valence-corrected chi connectivity index (χ4v) is 2.10. The fourth-order valence-electron chi connectivity index (χ4n) is 2.10. The Labute approximate surface area is 119 Å². The Balaban J connectivity index is 2.76. The topological polar surface area (TPSA) is 25.2 Å². The van der Waals surface area contributed by atoms with Gasteiger partial charge in [-0.05, 0) is 42.9 Å². The van der Waals surface area contributed by atoms with E-state index < -0.39 is 0 Å². The summed E-state index contributed by atoms with van der Waals surface area (Å²) in [6.07, 6.45) is 3.25. The van der Waals surface area contributed by atoms with E-state index in [0.29, 0.717) is 17.4 Å². The number of hydrogen-bond acceptors (Lipinski definition) is 2. The van der Waals surface area contributed by atoms with Crippen molar-refractivity contribution in [1.29, 1.82) is 0 Å². The van der Waals surface area contributed by atoms with Crippen LogP contribution in [-0.4, -0.2) is 6.54 Å². The lowest BCUT2D eigenvalue weighted by Gasteiger charge is -2.30. The second-order valence-corrected chi connectivity index (χ2v) is 6.67. The minimum absolute atomic E-state index is 0.340. The van der Waals surface area contributed by atoms with Gasteiger partial charge in [-0.15, -0.1) is 0 Å². The van der Waals surface area contributed by atoms with Crippen molar-refractivity contribution < 1.29 is 4.42 Å². The molecule has 1 heterocycles. The summed E-state index contributed by atoms with van der Waals surface area (Å²) in [6.45, 7) is 14.7. The molecule has 0 aliphatic heterocycles. The first-order chi connectivity index (χ1) is 8.88. The average Bonchev–Trinajstić information content (AvgIpc) is 2.81. The van der Waals surface area contributed by atoms with Gasteiger partial charge in [0.2, 0.25) is 0 Å². The third-order valence-electron chi connectivity index (χ3n) is 4.08. The maximum Gasteiger partial charge on any atom is 0.121 e. The molecule has 1 aromatic rings. The maximum absolute atomic E-state index is 5.94. The first kappa shape index (κ1) is 16.3. The Kier molecular flexibility index (Phi) is 6.12. The Morgan fingerprint density at radius 2 is 1.89 bits per heavy atom. The first-order valence-electron chi connectivity index (χ1n) is 7.70. The summed E-state index contributed by atoms with van der Waals surface area (Å²) >= 11 is 0. The van der Waals surface area contributed by atoms with Gasteiger partial charge in [-0.3, -0.25) is 0 Å². The van der Waals surface area contributed by atoms with Crippen molar-refractivity contribution in [1.82, 2.24) is 5.32 Å². The van der Waals surface area contributed by atoms with Crippen molar-refractivity contribution in [3.8, 4) is 0 Å². The molecule has 1 N–H and O–H groups in total. The smallest absolute Gasteiger partial charge is 0.121 e. The zero-order valence-corrected chi connectivity index (χ0v) is 13.5. The van der Waals surface area contributed by atoms with E-state index in [-0.39, 0.29) is 0 Å². The monoisotopic (exact) mass is 265 g/mol. The molecule has 1 rings (SSSR count). The van der Waals surface area contributed by atoms with Crippen LogP contribution in [0.1, 0.15) is 71.9 Å². The SMILES string of the molecule is CCCNC(CC(C)C(C)(C)C)c1ccc(CC)o1. The van der Waals surface area contributed by atoms with E-state index in [0.717, 1.165) is 37.3 Å². The first-order valence-corrected chi connectivity index (χ1v) is 7.70. The van der Waals surface area contributed by atoms with Crippen molar-refractivity contribution in [3.05, 3.63) is 23.7 Å². The van der Waals surface area contributed by atoms with Crippen LogP contribution in [0, 0.1) is 11.3 Å². The van der Waals surface area contributed by atoms with E-state index in [1.807, 2.05) is 0 Å². The summed E-state index contributed by atoms with van der Waals surface area (Å²) < 4.78 is 5.94. The van der Waals surface area contributed by atoms with Gasteiger partial charge >= 0.3 is 0 Å². The number of aryl methyl sites for hydroxylation is 1. The summed E-state index contributed by atoms with van der Waals surface area (Å²) in [7, 11) is 0. The van der Waals surface area contributed by atoms with Gasteiger partial charge in [0.1, 0.15) is 11.5 Å². The van der Waals surface area contributed by atoms with Crippen molar-refractivity contribution in [2.24, 2.45) is 11.3 Å². The highest BCUT2D eigenvalue weighted by molar-refractivity contribution is 5.11. The van der Waals surface area contributed by atoms with Crippen LogP contribution in [0.5, 0.6) is 0 Å². The summed E-state index contributed by atoms with van der Waals surface area (Å²) in [5, 5.41) is 3.63. The minimum atomic E-state index is 0.340. The Morgan fingerprint density at radius 1 is 1.21 bits per heavy atom. The highest BCUT2D eigenvalue weighted by Gasteiger charge is 2.25. The summed E-state index contributed by atoms with van der Waals surface area (Å²) in [5.41, 5.74) is 0.340. The van der Waals surface area contributed by atoms with Crippen molar-refractivity contribution in [2.45, 2.75) is 66.8 Å². The number of nitrogens with one attached hydrogen (secondary N) is 1. The molecule has 0 saturated carbocycles. The average molecular weight is 265 g/mol. The van der Waals surface area contributed by atoms with E-state index in [2.05, 4.69) is 59.0 Å². The van der Waals surface area contributed by atoms with Crippen molar-refractivity contribution in [3.63, 3.8) is 0 Å². The lowest BCUT2D eigenvalue weighted by Crippen LogP contribution is -2.27. The third-order valence-corrected chi connectivity index (χ3v) is 4.08. The molecule has 1 aromatic heterocycles. The molecular weight excluding hydrogens is 234 g/mol. The summed E-state index contributed by atoms with van der Waals surface area (Å²) in [5.74, 6) is 2.83. The van der Waals surface area contributed by atoms with Gasteiger partial charge in [-0.1, -0.05) is 41.5 Å². The quantitative estimate of drug-likeness (QED) is 0.754. The lowest BCUT2D eigenvalue weighted by molar-refractivity contribution is 0.213. The summed E-state index contributed by atoms with van der Waals surface area (Å²) in [4.78, 5) is 0. The van der Waals surface area contributed by atoms with Crippen molar-refractivity contribution >= 4 is 0 Å². The molecule has 0 aromatic carbocycles. The van der Waals surface area contributed by atoms with Gasteiger partial charge in [0.25, 0.3) is 0 Å². The van der Waals surface area contributed by atoms with Gasteiger partial charge in [-0.25, -0.2) is 0 Å². The van der Waals surface area contributed by atoms with E-state index in [1.165, 1.54) is 0 Å². The highest BCUT2D eigenvalue weighted by Crippen LogP contribution is 2.33. The number of rotatable bonds is 7. The van der Waals surface area contributed by atoms with E-state index >= 15 is 0 Å². The van der Waals surface area contributed by atoms with E-state index in [1.54, 1.807) is 0 Å². The molecule has 0 bridgehead atoms. The fraction of sp³-hybridized carbons (Fsp3) is 0.765. The molecule has 0 aliphatic rings. The molecule has 0 amide bonds. The standard InChI is InChI=1S/C17H31NO/c1-7-11-18-15(12-13(3)17(4,5)6)16-10-9-14(8-2)19-16/h9-10,13,15,18H,7-8,11-12H2,1-6H3. The zero-order valence-electron chi connectivity index (χ0n) is 13.5. The van der Waals surface area contributed by atoms with Crippen LogP contribution in [0.4, 0.5) is 0 Å². The molecule has 0 fully saturated rings. The molecule has 0 radical (unpaired) electrons. The van der Waals surface area contributed by atoms with Crippen LogP contribution < -0.4 is 5.32 Å². The molecular formula is C17H31NO. The van der Waals surface area contributed by atoms with Crippen LogP contribution in [0.15, 0.2) is 16.5 Å². The number of furan rings is 1. The van der Waals surface area contributed by atoms with Gasteiger partial charge in [0, 0.05) is 6.42 Å². The molecule has 19 heavy (non-hydrogen) atoms. The second-order valence-electron chi connectivity index (χ2n) is 6.67. The predicted molar refractivity (Wildman–Crippen MR) is 82.4 cm³/mol. The Bertz CT molecular complexity index is 362. The van der Waals surface area contributed by atoms with Gasteiger partial charge < -0.3 is 9.73 Å². The van der Waals surface area contributed by atoms with Gasteiger partial charge in [0.15, 0.2) is 0 Å². The van der Waals surface area contributed by atoms with E-state index in [4.69, 9.17) is 4.42 Å². The summed E-state index contributed by atoms with van der Waals surface area (Å²) in [6, 6.07) is 4.59. The molecule has 0 saturated heterocycles. The van der Waals surface area contributed by atoms with Crippen LogP contribution >= 0.6 is 0 Å².